The second-order valence-electron chi connectivity index (χ2n) is 5.18. The van der Waals surface area contributed by atoms with E-state index in [0.29, 0.717) is 16.5 Å². The third-order valence-corrected chi connectivity index (χ3v) is 6.61. The Balaban J connectivity index is 1.93. The molecule has 114 valence electrons. The van der Waals surface area contributed by atoms with Gasteiger partial charge in [0.15, 0.2) is 5.82 Å². The Labute approximate surface area is 130 Å². The molecule has 1 saturated heterocycles. The predicted octanol–water partition coefficient (Wildman–Crippen LogP) is 3.30. The second-order valence-corrected chi connectivity index (χ2v) is 7.91. The minimum Gasteiger partial charge on any atom is -0.339 e. The van der Waals surface area contributed by atoms with E-state index in [0.717, 1.165) is 37.5 Å². The van der Waals surface area contributed by atoms with Crippen molar-refractivity contribution in [3.63, 3.8) is 0 Å². The lowest BCUT2D eigenvalue weighted by Gasteiger charge is -2.24. The minimum absolute atomic E-state index is 0.384. The summed E-state index contributed by atoms with van der Waals surface area (Å²) < 4.78 is 5.45. The molecule has 0 spiro atoms. The van der Waals surface area contributed by atoms with E-state index >= 15 is 0 Å². The van der Waals surface area contributed by atoms with Gasteiger partial charge in [-0.2, -0.15) is 16.7 Å². The molecule has 20 heavy (non-hydrogen) atoms. The third-order valence-electron chi connectivity index (χ3n) is 3.52. The van der Waals surface area contributed by atoms with E-state index in [4.69, 9.17) is 4.52 Å². The summed E-state index contributed by atoms with van der Waals surface area (Å²) in [7, 11) is 0. The van der Waals surface area contributed by atoms with Gasteiger partial charge in [0, 0.05) is 29.2 Å². The lowest BCUT2D eigenvalue weighted by atomic mass is 10.1. The summed E-state index contributed by atoms with van der Waals surface area (Å²) in [6.45, 7) is 7.69. The van der Waals surface area contributed by atoms with Gasteiger partial charge < -0.3 is 9.84 Å². The topological polar surface area (TPSA) is 51.0 Å². The average molecular weight is 316 g/mol. The molecule has 0 bridgehead atoms. The standard InChI is InChI=1S/C14H25N3OS2/c1-4-6-15-11(5-2)9-12-16-14(17-18-12)13-10(3)19-7-8-20-13/h10-11,13,15H,4-9H2,1-3H3. The van der Waals surface area contributed by atoms with Crippen molar-refractivity contribution >= 4 is 23.5 Å². The zero-order valence-corrected chi connectivity index (χ0v) is 14.2. The SMILES string of the molecule is CCCNC(CC)Cc1nc(C2SCCSC2C)no1. The van der Waals surface area contributed by atoms with Crippen molar-refractivity contribution in [1.29, 1.82) is 0 Å². The molecule has 0 radical (unpaired) electrons. The van der Waals surface area contributed by atoms with E-state index in [1.54, 1.807) is 0 Å². The van der Waals surface area contributed by atoms with Crippen LogP contribution in [-0.2, 0) is 6.42 Å². The molecular formula is C14H25N3OS2. The van der Waals surface area contributed by atoms with E-state index in [1.807, 2.05) is 23.5 Å². The molecule has 0 aromatic carbocycles. The van der Waals surface area contributed by atoms with E-state index in [-0.39, 0.29) is 0 Å². The van der Waals surface area contributed by atoms with Crippen LogP contribution in [0.5, 0.6) is 0 Å². The van der Waals surface area contributed by atoms with Crippen molar-refractivity contribution in [1.82, 2.24) is 15.5 Å². The van der Waals surface area contributed by atoms with Crippen molar-refractivity contribution in [3.8, 4) is 0 Å². The smallest absolute Gasteiger partial charge is 0.228 e. The maximum atomic E-state index is 5.45. The predicted molar refractivity (Wildman–Crippen MR) is 87.5 cm³/mol. The fourth-order valence-corrected chi connectivity index (χ4v) is 4.98. The number of thioether (sulfide) groups is 2. The molecule has 1 aromatic rings. The Kier molecular flexibility index (Phi) is 6.71. The van der Waals surface area contributed by atoms with E-state index < -0.39 is 0 Å². The van der Waals surface area contributed by atoms with E-state index in [9.17, 15) is 0 Å². The highest BCUT2D eigenvalue weighted by atomic mass is 32.2. The molecule has 0 saturated carbocycles. The van der Waals surface area contributed by atoms with Gasteiger partial charge in [0.2, 0.25) is 5.89 Å². The highest BCUT2D eigenvalue weighted by Crippen LogP contribution is 2.41. The number of nitrogens with zero attached hydrogens (tertiary/aromatic N) is 2. The van der Waals surface area contributed by atoms with Gasteiger partial charge in [0.1, 0.15) is 0 Å². The summed E-state index contributed by atoms with van der Waals surface area (Å²) in [6, 6.07) is 0.439. The van der Waals surface area contributed by atoms with Crippen LogP contribution in [0, 0.1) is 0 Å². The summed E-state index contributed by atoms with van der Waals surface area (Å²) in [5, 5.41) is 8.69. The second kappa shape index (κ2) is 8.29. The van der Waals surface area contributed by atoms with E-state index in [2.05, 4.69) is 36.2 Å². The molecule has 1 N–H and O–H groups in total. The van der Waals surface area contributed by atoms with Crippen molar-refractivity contribution in [2.45, 2.75) is 56.6 Å². The highest BCUT2D eigenvalue weighted by molar-refractivity contribution is 8.06. The first-order valence-electron chi connectivity index (χ1n) is 7.53. The van der Waals surface area contributed by atoms with Crippen molar-refractivity contribution in [3.05, 3.63) is 11.7 Å². The fourth-order valence-electron chi connectivity index (χ4n) is 2.30. The first-order chi connectivity index (χ1) is 9.74. The number of aromatic nitrogens is 2. The van der Waals surface area contributed by atoms with Crippen LogP contribution in [-0.4, -0.2) is 39.5 Å². The van der Waals surface area contributed by atoms with Gasteiger partial charge >= 0.3 is 0 Å². The summed E-state index contributed by atoms with van der Waals surface area (Å²) in [5.41, 5.74) is 0. The zero-order valence-electron chi connectivity index (χ0n) is 12.6. The Morgan fingerprint density at radius 1 is 1.35 bits per heavy atom. The summed E-state index contributed by atoms with van der Waals surface area (Å²) in [4.78, 5) is 4.63. The molecular weight excluding hydrogens is 290 g/mol. The molecule has 6 heteroatoms. The lowest BCUT2D eigenvalue weighted by Crippen LogP contribution is -2.31. The zero-order chi connectivity index (χ0) is 14.4. The molecule has 2 heterocycles. The summed E-state index contributed by atoms with van der Waals surface area (Å²) >= 11 is 3.96. The van der Waals surface area contributed by atoms with Crippen LogP contribution in [0.25, 0.3) is 0 Å². The molecule has 3 atom stereocenters. The van der Waals surface area contributed by atoms with Gasteiger partial charge in [-0.1, -0.05) is 25.9 Å². The molecule has 2 rings (SSSR count). The lowest BCUT2D eigenvalue weighted by molar-refractivity contribution is 0.350. The van der Waals surface area contributed by atoms with Crippen molar-refractivity contribution in [2.75, 3.05) is 18.1 Å². The monoisotopic (exact) mass is 315 g/mol. The van der Waals surface area contributed by atoms with Crippen molar-refractivity contribution in [2.24, 2.45) is 0 Å². The molecule has 4 nitrogen and oxygen atoms in total. The number of hydrogen-bond donors (Lipinski definition) is 1. The van der Waals surface area contributed by atoms with Crippen LogP contribution in [0.15, 0.2) is 4.52 Å². The molecule has 1 aromatic heterocycles. The Morgan fingerprint density at radius 2 is 2.15 bits per heavy atom. The maximum Gasteiger partial charge on any atom is 0.228 e. The van der Waals surface area contributed by atoms with Crippen LogP contribution >= 0.6 is 23.5 Å². The normalized spacial score (nSPS) is 24.8. The molecule has 1 aliphatic rings. The Bertz CT molecular complexity index is 400. The van der Waals surface area contributed by atoms with Gasteiger partial charge in [0.25, 0.3) is 0 Å². The average Bonchev–Trinajstić information content (AvgIpc) is 2.92. The van der Waals surface area contributed by atoms with Gasteiger partial charge in [-0.15, -0.1) is 11.8 Å². The minimum atomic E-state index is 0.384. The van der Waals surface area contributed by atoms with Crippen LogP contribution in [0.2, 0.25) is 0 Å². The number of nitrogens with one attached hydrogen (secondary N) is 1. The molecule has 0 amide bonds. The first kappa shape index (κ1) is 16.2. The number of rotatable bonds is 7. The maximum absolute atomic E-state index is 5.45. The molecule has 3 unspecified atom stereocenters. The first-order valence-corrected chi connectivity index (χ1v) is 9.63. The molecule has 0 aliphatic carbocycles. The van der Waals surface area contributed by atoms with Crippen LogP contribution < -0.4 is 5.32 Å². The van der Waals surface area contributed by atoms with Crippen LogP contribution in [0.1, 0.15) is 50.6 Å². The summed E-state index contributed by atoms with van der Waals surface area (Å²) in [5.74, 6) is 4.07. The molecule has 1 fully saturated rings. The Morgan fingerprint density at radius 3 is 2.85 bits per heavy atom. The fraction of sp³-hybridized carbons (Fsp3) is 0.857. The van der Waals surface area contributed by atoms with Gasteiger partial charge in [-0.05, 0) is 19.4 Å². The third kappa shape index (κ3) is 4.40. The van der Waals surface area contributed by atoms with Crippen molar-refractivity contribution < 1.29 is 4.52 Å². The van der Waals surface area contributed by atoms with Crippen LogP contribution in [0.3, 0.4) is 0 Å². The molecule has 1 aliphatic heterocycles. The number of hydrogen-bond acceptors (Lipinski definition) is 6. The van der Waals surface area contributed by atoms with Crippen LogP contribution in [0.4, 0.5) is 0 Å². The van der Waals surface area contributed by atoms with E-state index in [1.165, 1.54) is 11.5 Å². The van der Waals surface area contributed by atoms with Gasteiger partial charge in [-0.25, -0.2) is 0 Å². The van der Waals surface area contributed by atoms with Gasteiger partial charge in [0.05, 0.1) is 5.25 Å². The highest BCUT2D eigenvalue weighted by Gasteiger charge is 2.28. The van der Waals surface area contributed by atoms with Gasteiger partial charge in [-0.3, -0.25) is 0 Å². The quantitative estimate of drug-likeness (QED) is 0.833. The Hall–Kier alpha value is -0.200. The summed E-state index contributed by atoms with van der Waals surface area (Å²) in [6.07, 6.45) is 3.07. The largest absolute Gasteiger partial charge is 0.339 e.